The van der Waals surface area contributed by atoms with Gasteiger partial charge in [0, 0.05) is 23.2 Å². The molecule has 0 bridgehead atoms. The van der Waals surface area contributed by atoms with Crippen molar-refractivity contribution in [2.45, 2.75) is 19.9 Å². The van der Waals surface area contributed by atoms with Crippen molar-refractivity contribution in [3.63, 3.8) is 0 Å². The summed E-state index contributed by atoms with van der Waals surface area (Å²) in [6.07, 6.45) is 5.12. The number of benzene rings is 2. The van der Waals surface area contributed by atoms with E-state index < -0.39 is 0 Å². The lowest BCUT2D eigenvalue weighted by atomic mass is 10.0. The molecule has 140 valence electrons. The molecule has 28 heavy (non-hydrogen) atoms. The third kappa shape index (κ3) is 3.64. The third-order valence-corrected chi connectivity index (χ3v) is 4.74. The second-order valence-electron chi connectivity index (χ2n) is 7.13. The number of carbonyl (C=O) groups excluding carboxylic acids is 1. The van der Waals surface area contributed by atoms with Crippen LogP contribution in [0.15, 0.2) is 66.9 Å². The van der Waals surface area contributed by atoms with Gasteiger partial charge in [-0.05, 0) is 30.2 Å². The van der Waals surface area contributed by atoms with Gasteiger partial charge in [0.15, 0.2) is 0 Å². The van der Waals surface area contributed by atoms with E-state index in [2.05, 4.69) is 34.1 Å². The number of imidazole rings is 1. The van der Waals surface area contributed by atoms with Crippen LogP contribution in [0, 0.1) is 5.92 Å². The first-order valence-electron chi connectivity index (χ1n) is 9.39. The molecule has 0 aliphatic carbocycles. The predicted octanol–water partition coefficient (Wildman–Crippen LogP) is 4.64. The molecule has 0 unspecified atom stereocenters. The molecule has 5 nitrogen and oxygen atoms in total. The molecule has 2 N–H and O–H groups in total. The number of aromatic nitrogens is 3. The van der Waals surface area contributed by atoms with Crippen molar-refractivity contribution in [3.05, 3.63) is 78.3 Å². The summed E-state index contributed by atoms with van der Waals surface area (Å²) in [6.45, 7) is 4.13. The van der Waals surface area contributed by atoms with Crippen LogP contribution < -0.4 is 5.32 Å². The first kappa shape index (κ1) is 17.9. The molecule has 0 fully saturated rings. The molecule has 2 aromatic heterocycles. The minimum absolute atomic E-state index is 0.160. The lowest BCUT2D eigenvalue weighted by Gasteiger charge is -2.19. The number of hydrogen-bond donors (Lipinski definition) is 2. The van der Waals surface area contributed by atoms with Gasteiger partial charge < -0.3 is 10.3 Å². The summed E-state index contributed by atoms with van der Waals surface area (Å²) in [6, 6.07) is 17.5. The van der Waals surface area contributed by atoms with Gasteiger partial charge in [0.05, 0.1) is 22.6 Å². The molecule has 5 heteroatoms. The molecule has 2 aromatic carbocycles. The van der Waals surface area contributed by atoms with Gasteiger partial charge in [0.2, 0.25) is 5.91 Å². The first-order valence-corrected chi connectivity index (χ1v) is 9.39. The van der Waals surface area contributed by atoms with E-state index in [0.717, 1.165) is 33.3 Å². The zero-order chi connectivity index (χ0) is 19.5. The molecule has 0 saturated heterocycles. The molecule has 0 radical (unpaired) electrons. The Morgan fingerprint density at radius 2 is 1.89 bits per heavy atom. The fourth-order valence-corrected chi connectivity index (χ4v) is 3.30. The summed E-state index contributed by atoms with van der Waals surface area (Å²) in [4.78, 5) is 25.0. The summed E-state index contributed by atoms with van der Waals surface area (Å²) < 4.78 is 0. The lowest BCUT2D eigenvalue weighted by Crippen LogP contribution is -2.31. The Morgan fingerprint density at radius 1 is 1.07 bits per heavy atom. The van der Waals surface area contributed by atoms with Crippen molar-refractivity contribution in [2.75, 3.05) is 0 Å². The number of carbonyl (C=O) groups is 1. The van der Waals surface area contributed by atoms with Crippen LogP contribution >= 0.6 is 0 Å². The summed E-state index contributed by atoms with van der Waals surface area (Å²) in [5.74, 6) is 0.800. The second kappa shape index (κ2) is 7.64. The van der Waals surface area contributed by atoms with Crippen LogP contribution in [0.2, 0.25) is 0 Å². The van der Waals surface area contributed by atoms with E-state index in [9.17, 15) is 4.79 Å². The number of para-hydroxylation sites is 3. The molecule has 1 atom stereocenters. The van der Waals surface area contributed by atoms with Crippen molar-refractivity contribution in [3.8, 4) is 0 Å². The topological polar surface area (TPSA) is 70.7 Å². The molecule has 0 aliphatic heterocycles. The molecule has 0 saturated carbocycles. The fourth-order valence-electron chi connectivity index (χ4n) is 3.30. The molecule has 4 rings (SSSR count). The minimum Gasteiger partial charge on any atom is -0.342 e. The Hall–Kier alpha value is -3.47. The first-order chi connectivity index (χ1) is 13.6. The van der Waals surface area contributed by atoms with Gasteiger partial charge in [-0.15, -0.1) is 0 Å². The Morgan fingerprint density at radius 3 is 2.71 bits per heavy atom. The SMILES string of the molecule is CC(C)[C@H](NC(=O)/C=C/c1cccc2cccnc12)c1nc2ccccc2[nH]1. The maximum atomic E-state index is 12.6. The largest absolute Gasteiger partial charge is 0.342 e. The number of fused-ring (bicyclic) bond motifs is 2. The maximum Gasteiger partial charge on any atom is 0.244 e. The van der Waals surface area contributed by atoms with E-state index in [-0.39, 0.29) is 17.9 Å². The average Bonchev–Trinajstić information content (AvgIpc) is 3.14. The highest BCUT2D eigenvalue weighted by atomic mass is 16.1. The van der Waals surface area contributed by atoms with Gasteiger partial charge in [0.1, 0.15) is 5.82 Å². The Bertz CT molecular complexity index is 1120. The van der Waals surface area contributed by atoms with Gasteiger partial charge in [-0.2, -0.15) is 0 Å². The van der Waals surface area contributed by atoms with Crippen LogP contribution in [0.3, 0.4) is 0 Å². The molecule has 2 heterocycles. The number of aromatic amines is 1. The van der Waals surface area contributed by atoms with E-state index in [1.165, 1.54) is 0 Å². The standard InChI is InChI=1S/C23H22N4O/c1-15(2)21(23-25-18-10-3-4-11-19(18)26-23)27-20(28)13-12-17-8-5-7-16-9-6-14-24-22(16)17/h3-15,21H,1-2H3,(H,25,26)(H,27,28)/b13-12+/t21-/m0/s1. The number of pyridine rings is 1. The van der Waals surface area contributed by atoms with E-state index in [1.807, 2.05) is 54.6 Å². The van der Waals surface area contributed by atoms with Gasteiger partial charge in [0.25, 0.3) is 0 Å². The van der Waals surface area contributed by atoms with E-state index in [1.54, 1.807) is 18.3 Å². The van der Waals surface area contributed by atoms with Crippen LogP contribution in [0.4, 0.5) is 0 Å². The van der Waals surface area contributed by atoms with Gasteiger partial charge in [-0.25, -0.2) is 4.98 Å². The molecule has 1 amide bonds. The summed E-state index contributed by atoms with van der Waals surface area (Å²) >= 11 is 0. The quantitative estimate of drug-likeness (QED) is 0.503. The lowest BCUT2D eigenvalue weighted by molar-refractivity contribution is -0.117. The van der Waals surface area contributed by atoms with Crippen LogP contribution in [0.1, 0.15) is 31.3 Å². The Balaban J connectivity index is 1.55. The monoisotopic (exact) mass is 370 g/mol. The number of nitrogens with one attached hydrogen (secondary N) is 2. The van der Waals surface area contributed by atoms with Crippen LogP contribution in [-0.2, 0) is 4.79 Å². The van der Waals surface area contributed by atoms with Crippen LogP contribution in [-0.4, -0.2) is 20.9 Å². The Kier molecular flexibility index (Phi) is 4.89. The predicted molar refractivity (Wildman–Crippen MR) is 113 cm³/mol. The smallest absolute Gasteiger partial charge is 0.244 e. The van der Waals surface area contributed by atoms with E-state index >= 15 is 0 Å². The Labute approximate surface area is 163 Å². The van der Waals surface area contributed by atoms with Crippen molar-refractivity contribution in [1.82, 2.24) is 20.3 Å². The number of hydrogen-bond acceptors (Lipinski definition) is 3. The van der Waals surface area contributed by atoms with Gasteiger partial charge in [-0.1, -0.05) is 50.2 Å². The van der Waals surface area contributed by atoms with Crippen molar-refractivity contribution in [1.29, 1.82) is 0 Å². The zero-order valence-electron chi connectivity index (χ0n) is 15.9. The number of amides is 1. The molecule has 0 aliphatic rings. The van der Waals surface area contributed by atoms with Crippen molar-refractivity contribution in [2.24, 2.45) is 5.92 Å². The molecular weight excluding hydrogens is 348 g/mol. The average molecular weight is 370 g/mol. The van der Waals surface area contributed by atoms with E-state index in [0.29, 0.717) is 0 Å². The van der Waals surface area contributed by atoms with Crippen molar-refractivity contribution >= 4 is 33.9 Å². The van der Waals surface area contributed by atoms with Crippen molar-refractivity contribution < 1.29 is 4.79 Å². The highest BCUT2D eigenvalue weighted by Crippen LogP contribution is 2.22. The number of nitrogens with zero attached hydrogens (tertiary/aromatic N) is 2. The molecule has 4 aromatic rings. The highest BCUT2D eigenvalue weighted by Gasteiger charge is 2.21. The third-order valence-electron chi connectivity index (χ3n) is 4.74. The summed E-state index contributed by atoms with van der Waals surface area (Å²) in [7, 11) is 0. The normalized spacial score (nSPS) is 12.8. The number of rotatable bonds is 5. The van der Waals surface area contributed by atoms with Crippen LogP contribution in [0.5, 0.6) is 0 Å². The van der Waals surface area contributed by atoms with Gasteiger partial charge >= 0.3 is 0 Å². The second-order valence-corrected chi connectivity index (χ2v) is 7.13. The molecule has 0 spiro atoms. The number of H-pyrrole nitrogens is 1. The van der Waals surface area contributed by atoms with Gasteiger partial charge in [-0.3, -0.25) is 9.78 Å². The zero-order valence-corrected chi connectivity index (χ0v) is 15.9. The fraction of sp³-hybridized carbons (Fsp3) is 0.174. The molecular formula is C23H22N4O. The van der Waals surface area contributed by atoms with E-state index in [4.69, 9.17) is 0 Å². The van der Waals surface area contributed by atoms with Crippen LogP contribution in [0.25, 0.3) is 28.0 Å². The summed E-state index contributed by atoms with van der Waals surface area (Å²) in [5.41, 5.74) is 3.66. The summed E-state index contributed by atoms with van der Waals surface area (Å²) in [5, 5.41) is 4.12. The highest BCUT2D eigenvalue weighted by molar-refractivity contribution is 5.95. The minimum atomic E-state index is -0.199. The maximum absolute atomic E-state index is 12.6.